The van der Waals surface area contributed by atoms with Crippen molar-refractivity contribution in [1.29, 1.82) is 0 Å². The predicted molar refractivity (Wildman–Crippen MR) is 73.1 cm³/mol. The summed E-state index contributed by atoms with van der Waals surface area (Å²) in [7, 11) is 0. The lowest BCUT2D eigenvalue weighted by atomic mass is 10.2. The molecule has 0 bridgehead atoms. The molecule has 5 heteroatoms. The molecule has 2 rings (SSSR count). The average molecular weight is 282 g/mol. The van der Waals surface area contributed by atoms with Crippen LogP contribution in [0.25, 0.3) is 0 Å². The smallest absolute Gasteiger partial charge is 0.251 e. The quantitative estimate of drug-likeness (QED) is 0.905. The van der Waals surface area contributed by atoms with Crippen LogP contribution in [0.15, 0.2) is 41.8 Å². The molecule has 1 amide bonds. The van der Waals surface area contributed by atoms with Crippen LogP contribution in [0, 0.1) is 0 Å². The molecule has 1 aromatic heterocycles. The average Bonchev–Trinajstić information content (AvgIpc) is 2.89. The monoisotopic (exact) mass is 281 g/mol. The number of carbonyl (C=O) groups is 1. The maximum Gasteiger partial charge on any atom is 0.251 e. The maximum absolute atomic E-state index is 11.8. The van der Waals surface area contributed by atoms with Crippen LogP contribution in [-0.2, 0) is 0 Å². The van der Waals surface area contributed by atoms with Crippen LogP contribution in [0.1, 0.15) is 21.3 Å². The van der Waals surface area contributed by atoms with E-state index in [0.717, 1.165) is 4.88 Å². The minimum absolute atomic E-state index is 0.186. The number of aliphatic hydroxyl groups excluding tert-OH is 1. The second-order valence-electron chi connectivity index (χ2n) is 3.75. The molecule has 0 aliphatic heterocycles. The van der Waals surface area contributed by atoms with Crippen LogP contribution in [0.5, 0.6) is 0 Å². The van der Waals surface area contributed by atoms with Gasteiger partial charge < -0.3 is 10.4 Å². The molecule has 1 heterocycles. The number of carbonyl (C=O) groups excluding carboxylic acids is 1. The number of thiophene rings is 1. The molecule has 0 aliphatic rings. The fraction of sp³-hybridized carbons (Fsp3) is 0.154. The molecule has 3 nitrogen and oxygen atoms in total. The van der Waals surface area contributed by atoms with E-state index in [0.29, 0.717) is 10.6 Å². The van der Waals surface area contributed by atoms with Crippen LogP contribution in [0.3, 0.4) is 0 Å². The highest BCUT2D eigenvalue weighted by Crippen LogP contribution is 2.18. The Balaban J connectivity index is 1.92. The lowest BCUT2D eigenvalue weighted by Crippen LogP contribution is -2.28. The summed E-state index contributed by atoms with van der Waals surface area (Å²) in [5, 5.41) is 14.9. The zero-order valence-corrected chi connectivity index (χ0v) is 11.0. The van der Waals surface area contributed by atoms with Crippen LogP contribution in [0.4, 0.5) is 0 Å². The second-order valence-corrected chi connectivity index (χ2v) is 5.17. The Labute approximate surface area is 114 Å². The van der Waals surface area contributed by atoms with Gasteiger partial charge in [0, 0.05) is 22.0 Å². The summed E-state index contributed by atoms with van der Waals surface area (Å²) in [5.41, 5.74) is 0.487. The Morgan fingerprint density at radius 1 is 1.39 bits per heavy atom. The van der Waals surface area contributed by atoms with Crippen molar-refractivity contribution in [1.82, 2.24) is 5.32 Å². The molecular weight excluding hydrogens is 270 g/mol. The SMILES string of the molecule is O=C(NC[C@@H](O)c1cccs1)c1cccc(Cl)c1. The molecule has 0 aliphatic carbocycles. The fourth-order valence-electron chi connectivity index (χ4n) is 1.50. The molecule has 1 aromatic carbocycles. The summed E-state index contributed by atoms with van der Waals surface area (Å²) >= 11 is 7.26. The van der Waals surface area contributed by atoms with Gasteiger partial charge in [0.2, 0.25) is 0 Å². The number of nitrogens with one attached hydrogen (secondary N) is 1. The van der Waals surface area contributed by atoms with Gasteiger partial charge in [0.1, 0.15) is 6.10 Å². The molecule has 2 aromatic rings. The Bertz CT molecular complexity index is 528. The molecule has 0 spiro atoms. The van der Waals surface area contributed by atoms with E-state index in [-0.39, 0.29) is 12.5 Å². The number of hydrogen-bond acceptors (Lipinski definition) is 3. The lowest BCUT2D eigenvalue weighted by Gasteiger charge is -2.10. The van der Waals surface area contributed by atoms with Gasteiger partial charge in [-0.05, 0) is 29.6 Å². The van der Waals surface area contributed by atoms with E-state index in [2.05, 4.69) is 5.32 Å². The third-order valence-corrected chi connectivity index (χ3v) is 3.62. The first-order valence-corrected chi connectivity index (χ1v) is 6.68. The van der Waals surface area contributed by atoms with Crippen molar-refractivity contribution in [2.45, 2.75) is 6.10 Å². The third kappa shape index (κ3) is 3.32. The predicted octanol–water partition coefficient (Wildman–Crippen LogP) is 2.86. The van der Waals surface area contributed by atoms with E-state index in [1.807, 2.05) is 17.5 Å². The molecule has 0 radical (unpaired) electrons. The topological polar surface area (TPSA) is 49.3 Å². The highest BCUT2D eigenvalue weighted by molar-refractivity contribution is 7.10. The summed E-state index contributed by atoms with van der Waals surface area (Å²) in [6.07, 6.45) is -0.673. The lowest BCUT2D eigenvalue weighted by molar-refractivity contribution is 0.0918. The second kappa shape index (κ2) is 6.00. The van der Waals surface area contributed by atoms with Crippen LogP contribution >= 0.6 is 22.9 Å². The minimum atomic E-state index is -0.673. The number of hydrogen-bond donors (Lipinski definition) is 2. The third-order valence-electron chi connectivity index (χ3n) is 2.41. The molecule has 0 fully saturated rings. The number of benzene rings is 1. The van der Waals surface area contributed by atoms with E-state index in [4.69, 9.17) is 11.6 Å². The van der Waals surface area contributed by atoms with E-state index in [9.17, 15) is 9.90 Å². The first-order valence-electron chi connectivity index (χ1n) is 5.42. The van der Waals surface area contributed by atoms with Gasteiger partial charge in [-0.3, -0.25) is 4.79 Å². The van der Waals surface area contributed by atoms with Gasteiger partial charge in [-0.2, -0.15) is 0 Å². The summed E-state index contributed by atoms with van der Waals surface area (Å²) < 4.78 is 0. The number of amides is 1. The highest BCUT2D eigenvalue weighted by atomic mass is 35.5. The zero-order chi connectivity index (χ0) is 13.0. The van der Waals surface area contributed by atoms with Gasteiger partial charge in [-0.15, -0.1) is 11.3 Å². The minimum Gasteiger partial charge on any atom is -0.386 e. The highest BCUT2D eigenvalue weighted by Gasteiger charge is 2.11. The molecule has 2 N–H and O–H groups in total. The molecule has 94 valence electrons. The van der Waals surface area contributed by atoms with Crippen molar-refractivity contribution in [2.75, 3.05) is 6.54 Å². The van der Waals surface area contributed by atoms with E-state index in [1.54, 1.807) is 24.3 Å². The van der Waals surface area contributed by atoms with Crippen molar-refractivity contribution in [3.05, 3.63) is 57.2 Å². The van der Waals surface area contributed by atoms with Gasteiger partial charge in [-0.25, -0.2) is 0 Å². The van der Waals surface area contributed by atoms with Crippen LogP contribution in [-0.4, -0.2) is 17.6 Å². The van der Waals surface area contributed by atoms with Crippen molar-refractivity contribution in [3.8, 4) is 0 Å². The molecule has 0 saturated carbocycles. The van der Waals surface area contributed by atoms with Gasteiger partial charge in [0.25, 0.3) is 5.91 Å². The number of halogens is 1. The van der Waals surface area contributed by atoms with Gasteiger partial charge in [0.05, 0.1) is 0 Å². The normalized spacial score (nSPS) is 12.1. The van der Waals surface area contributed by atoms with E-state index in [1.165, 1.54) is 11.3 Å². The number of aliphatic hydroxyl groups is 1. The Hall–Kier alpha value is -1.36. The van der Waals surface area contributed by atoms with Crippen molar-refractivity contribution in [2.24, 2.45) is 0 Å². The first-order chi connectivity index (χ1) is 8.66. The summed E-state index contributed by atoms with van der Waals surface area (Å²) in [4.78, 5) is 12.6. The summed E-state index contributed by atoms with van der Waals surface area (Å²) in [6.45, 7) is 0.186. The molecular formula is C13H12ClNO2S. The summed E-state index contributed by atoms with van der Waals surface area (Å²) in [6, 6.07) is 10.4. The Morgan fingerprint density at radius 3 is 2.89 bits per heavy atom. The van der Waals surface area contributed by atoms with Crippen LogP contribution < -0.4 is 5.32 Å². The number of rotatable bonds is 4. The van der Waals surface area contributed by atoms with Crippen molar-refractivity contribution >= 4 is 28.8 Å². The zero-order valence-electron chi connectivity index (χ0n) is 9.47. The van der Waals surface area contributed by atoms with E-state index >= 15 is 0 Å². The van der Waals surface area contributed by atoms with E-state index < -0.39 is 6.10 Å². The van der Waals surface area contributed by atoms with Gasteiger partial charge in [-0.1, -0.05) is 23.7 Å². The van der Waals surface area contributed by atoms with Crippen molar-refractivity contribution in [3.63, 3.8) is 0 Å². The molecule has 18 heavy (non-hydrogen) atoms. The Kier molecular flexibility index (Phi) is 4.36. The molecule has 1 atom stereocenters. The summed E-state index contributed by atoms with van der Waals surface area (Å²) in [5.74, 6) is -0.242. The van der Waals surface area contributed by atoms with Crippen molar-refractivity contribution < 1.29 is 9.90 Å². The fourth-order valence-corrected chi connectivity index (χ4v) is 2.40. The maximum atomic E-state index is 11.8. The van der Waals surface area contributed by atoms with Crippen LogP contribution in [0.2, 0.25) is 5.02 Å². The molecule has 0 saturated heterocycles. The Morgan fingerprint density at radius 2 is 2.22 bits per heavy atom. The molecule has 0 unspecified atom stereocenters. The standard InChI is InChI=1S/C13H12ClNO2S/c14-10-4-1-3-9(7-10)13(17)15-8-11(16)12-5-2-6-18-12/h1-7,11,16H,8H2,(H,15,17)/t11-/m1/s1. The largest absolute Gasteiger partial charge is 0.386 e. The van der Waals surface area contributed by atoms with Gasteiger partial charge >= 0.3 is 0 Å². The van der Waals surface area contributed by atoms with Gasteiger partial charge in [0.15, 0.2) is 0 Å². The first kappa shape index (κ1) is 13.1.